The predicted octanol–water partition coefficient (Wildman–Crippen LogP) is 1.89. The predicted molar refractivity (Wildman–Crippen MR) is 75.8 cm³/mol. The molecule has 4 nitrogen and oxygen atoms in total. The number of nitrogens with two attached hydrogens (primary N) is 1. The molecule has 2 N–H and O–H groups in total. The highest BCUT2D eigenvalue weighted by Crippen LogP contribution is 2.31. The Morgan fingerprint density at radius 2 is 2.21 bits per heavy atom. The number of aromatic nitrogens is 1. The summed E-state index contributed by atoms with van der Waals surface area (Å²) in [5.41, 5.74) is 8.62. The van der Waals surface area contributed by atoms with E-state index in [-0.39, 0.29) is 6.04 Å². The molecule has 0 spiro atoms. The lowest BCUT2D eigenvalue weighted by atomic mass is 10.1. The Morgan fingerprint density at radius 1 is 1.37 bits per heavy atom. The van der Waals surface area contributed by atoms with Crippen molar-refractivity contribution >= 4 is 16.6 Å². The number of nitriles is 1. The zero-order valence-corrected chi connectivity index (χ0v) is 10.9. The Hall–Kier alpha value is -2.12. The molecule has 2 heterocycles. The van der Waals surface area contributed by atoms with Gasteiger partial charge in [0.25, 0.3) is 0 Å². The van der Waals surface area contributed by atoms with Gasteiger partial charge in [-0.1, -0.05) is 6.92 Å². The summed E-state index contributed by atoms with van der Waals surface area (Å²) in [5.74, 6) is 0.488. The van der Waals surface area contributed by atoms with E-state index in [0.29, 0.717) is 11.5 Å². The van der Waals surface area contributed by atoms with Crippen LogP contribution >= 0.6 is 0 Å². The third-order valence-electron chi connectivity index (χ3n) is 3.88. The fourth-order valence-electron chi connectivity index (χ4n) is 2.71. The second-order valence-corrected chi connectivity index (χ2v) is 5.19. The average molecular weight is 252 g/mol. The lowest BCUT2D eigenvalue weighted by molar-refractivity contribution is 0.566. The van der Waals surface area contributed by atoms with Gasteiger partial charge < -0.3 is 10.6 Å². The van der Waals surface area contributed by atoms with E-state index in [0.717, 1.165) is 29.7 Å². The summed E-state index contributed by atoms with van der Waals surface area (Å²) in [4.78, 5) is 6.63. The van der Waals surface area contributed by atoms with Gasteiger partial charge in [0.05, 0.1) is 11.1 Å². The van der Waals surface area contributed by atoms with E-state index in [1.807, 2.05) is 24.3 Å². The van der Waals surface area contributed by atoms with Gasteiger partial charge in [0.15, 0.2) is 0 Å². The molecule has 1 aliphatic rings. The third kappa shape index (κ3) is 1.92. The summed E-state index contributed by atoms with van der Waals surface area (Å²) >= 11 is 0. The van der Waals surface area contributed by atoms with Crippen molar-refractivity contribution in [1.29, 1.82) is 5.26 Å². The molecule has 0 radical (unpaired) electrons. The molecule has 2 atom stereocenters. The summed E-state index contributed by atoms with van der Waals surface area (Å²) in [6, 6.07) is 10.2. The highest BCUT2D eigenvalue weighted by atomic mass is 15.2. The van der Waals surface area contributed by atoms with E-state index >= 15 is 0 Å². The third-order valence-corrected chi connectivity index (χ3v) is 3.88. The van der Waals surface area contributed by atoms with Crippen molar-refractivity contribution in [3.05, 3.63) is 36.0 Å². The summed E-state index contributed by atoms with van der Waals surface area (Å²) in [7, 11) is 0. The number of pyridine rings is 1. The number of rotatable bonds is 1. The Labute approximate surface area is 112 Å². The van der Waals surface area contributed by atoms with Crippen LogP contribution in [0.25, 0.3) is 10.9 Å². The molecule has 1 aliphatic heterocycles. The minimum absolute atomic E-state index is 0.211. The summed E-state index contributed by atoms with van der Waals surface area (Å²) in [5, 5.41) is 10.2. The first-order valence-electron chi connectivity index (χ1n) is 6.49. The fraction of sp³-hybridized carbons (Fsp3) is 0.333. The van der Waals surface area contributed by atoms with Crippen LogP contribution in [0.2, 0.25) is 0 Å². The van der Waals surface area contributed by atoms with E-state index in [2.05, 4.69) is 22.9 Å². The largest absolute Gasteiger partial charge is 0.369 e. The number of benzene rings is 1. The molecular formula is C15H16N4. The molecule has 0 saturated carbocycles. The van der Waals surface area contributed by atoms with Gasteiger partial charge in [-0.2, -0.15) is 5.26 Å². The molecule has 3 rings (SSSR count). The smallest absolute Gasteiger partial charge is 0.101 e. The summed E-state index contributed by atoms with van der Waals surface area (Å²) in [6.07, 6.45) is 1.73. The van der Waals surface area contributed by atoms with Crippen molar-refractivity contribution in [1.82, 2.24) is 4.98 Å². The Morgan fingerprint density at radius 3 is 2.89 bits per heavy atom. The zero-order valence-electron chi connectivity index (χ0n) is 10.9. The number of hydrogen-bond acceptors (Lipinski definition) is 4. The highest BCUT2D eigenvalue weighted by molar-refractivity contribution is 5.95. The first-order valence-corrected chi connectivity index (χ1v) is 6.49. The number of fused-ring (bicyclic) bond motifs is 1. The van der Waals surface area contributed by atoms with Crippen LogP contribution in [0.5, 0.6) is 0 Å². The van der Waals surface area contributed by atoms with Gasteiger partial charge in [-0.05, 0) is 30.2 Å². The van der Waals surface area contributed by atoms with Crippen LogP contribution < -0.4 is 10.6 Å². The van der Waals surface area contributed by atoms with Gasteiger partial charge in [0.1, 0.15) is 6.07 Å². The second-order valence-electron chi connectivity index (χ2n) is 5.19. The molecule has 1 fully saturated rings. The molecule has 0 aliphatic carbocycles. The van der Waals surface area contributed by atoms with Crippen LogP contribution in [0, 0.1) is 17.2 Å². The quantitative estimate of drug-likeness (QED) is 0.841. The molecule has 0 bridgehead atoms. The molecule has 1 aromatic heterocycles. The second kappa shape index (κ2) is 4.52. The number of hydrogen-bond donors (Lipinski definition) is 1. The van der Waals surface area contributed by atoms with E-state index in [1.54, 1.807) is 6.20 Å². The number of nitrogens with zero attached hydrogens (tertiary/aromatic N) is 3. The van der Waals surface area contributed by atoms with Gasteiger partial charge in [0, 0.05) is 36.4 Å². The average Bonchev–Trinajstić information content (AvgIpc) is 2.77. The van der Waals surface area contributed by atoms with Crippen molar-refractivity contribution in [3.63, 3.8) is 0 Å². The Bertz CT molecular complexity index is 649. The maximum Gasteiger partial charge on any atom is 0.101 e. The van der Waals surface area contributed by atoms with E-state index in [4.69, 9.17) is 11.0 Å². The molecule has 96 valence electrons. The SMILES string of the molecule is C[C@@H]1CN(c2ccc(C#N)c3ncccc23)C[C@@H]1N. The molecule has 1 saturated heterocycles. The van der Waals surface area contributed by atoms with Crippen LogP contribution in [-0.2, 0) is 0 Å². The first-order chi connectivity index (χ1) is 9.20. The van der Waals surface area contributed by atoms with E-state index < -0.39 is 0 Å². The Kier molecular flexibility index (Phi) is 2.84. The Balaban J connectivity index is 2.13. The topological polar surface area (TPSA) is 65.9 Å². The van der Waals surface area contributed by atoms with E-state index in [1.165, 1.54) is 0 Å². The van der Waals surface area contributed by atoms with Crippen LogP contribution in [-0.4, -0.2) is 24.1 Å². The van der Waals surface area contributed by atoms with Gasteiger partial charge in [-0.15, -0.1) is 0 Å². The van der Waals surface area contributed by atoms with Gasteiger partial charge >= 0.3 is 0 Å². The molecule has 4 heteroatoms. The molecule has 2 aromatic rings. The van der Waals surface area contributed by atoms with Crippen molar-refractivity contribution in [2.24, 2.45) is 11.7 Å². The van der Waals surface area contributed by atoms with Gasteiger partial charge in [-0.3, -0.25) is 4.98 Å². The van der Waals surface area contributed by atoms with Crippen LogP contribution in [0.4, 0.5) is 5.69 Å². The van der Waals surface area contributed by atoms with Crippen molar-refractivity contribution in [2.45, 2.75) is 13.0 Å². The normalized spacial score (nSPS) is 22.7. The van der Waals surface area contributed by atoms with Crippen molar-refractivity contribution < 1.29 is 0 Å². The summed E-state index contributed by atoms with van der Waals surface area (Å²) in [6.45, 7) is 3.99. The highest BCUT2D eigenvalue weighted by Gasteiger charge is 2.27. The van der Waals surface area contributed by atoms with Crippen molar-refractivity contribution in [3.8, 4) is 6.07 Å². The molecule has 19 heavy (non-hydrogen) atoms. The van der Waals surface area contributed by atoms with Crippen LogP contribution in [0.1, 0.15) is 12.5 Å². The molecule has 0 amide bonds. The standard InChI is InChI=1S/C15H16N4/c1-10-8-19(9-13(10)17)14-5-4-11(7-16)15-12(14)3-2-6-18-15/h2-6,10,13H,8-9,17H2,1H3/t10-,13+/m1/s1. The lowest BCUT2D eigenvalue weighted by Crippen LogP contribution is -2.28. The fourth-order valence-corrected chi connectivity index (χ4v) is 2.71. The zero-order chi connectivity index (χ0) is 13.4. The number of anilines is 1. The summed E-state index contributed by atoms with van der Waals surface area (Å²) < 4.78 is 0. The lowest BCUT2D eigenvalue weighted by Gasteiger charge is -2.20. The monoisotopic (exact) mass is 252 g/mol. The van der Waals surface area contributed by atoms with Crippen LogP contribution in [0.15, 0.2) is 30.5 Å². The molecule has 0 unspecified atom stereocenters. The maximum atomic E-state index is 9.15. The molecular weight excluding hydrogens is 236 g/mol. The van der Waals surface area contributed by atoms with Crippen molar-refractivity contribution in [2.75, 3.05) is 18.0 Å². The maximum absolute atomic E-state index is 9.15. The minimum Gasteiger partial charge on any atom is -0.369 e. The molecule has 1 aromatic carbocycles. The van der Waals surface area contributed by atoms with Gasteiger partial charge in [0.2, 0.25) is 0 Å². The van der Waals surface area contributed by atoms with Gasteiger partial charge in [-0.25, -0.2) is 0 Å². The first kappa shape index (κ1) is 11.9. The van der Waals surface area contributed by atoms with E-state index in [9.17, 15) is 0 Å². The minimum atomic E-state index is 0.211. The van der Waals surface area contributed by atoms with Crippen LogP contribution in [0.3, 0.4) is 0 Å².